The van der Waals surface area contributed by atoms with Gasteiger partial charge in [-0.2, -0.15) is 5.10 Å². The molecule has 0 bridgehead atoms. The molecule has 5 nitrogen and oxygen atoms in total. The number of carbonyl (C=O) groups excluding carboxylic acids is 1. The van der Waals surface area contributed by atoms with Gasteiger partial charge in [0.1, 0.15) is 0 Å². The van der Waals surface area contributed by atoms with Crippen LogP contribution in [0.3, 0.4) is 0 Å². The van der Waals surface area contributed by atoms with Gasteiger partial charge >= 0.3 is 5.97 Å². The van der Waals surface area contributed by atoms with Gasteiger partial charge in [0, 0.05) is 37.2 Å². The summed E-state index contributed by atoms with van der Waals surface area (Å²) >= 11 is 0. The molecule has 0 aliphatic heterocycles. The van der Waals surface area contributed by atoms with E-state index in [-0.39, 0.29) is 38.0 Å². The van der Waals surface area contributed by atoms with E-state index in [0.29, 0.717) is 5.56 Å². The van der Waals surface area contributed by atoms with E-state index in [1.54, 1.807) is 20.2 Å². The summed E-state index contributed by atoms with van der Waals surface area (Å²) in [5.41, 5.74) is 5.93. The fraction of sp³-hybridized carbons (Fsp3) is 0.692. The van der Waals surface area contributed by atoms with Gasteiger partial charge < -0.3 is 10.5 Å². The first-order chi connectivity index (χ1) is 9.27. The first-order valence-corrected chi connectivity index (χ1v) is 6.65. The van der Waals surface area contributed by atoms with E-state index in [9.17, 15) is 13.6 Å². The van der Waals surface area contributed by atoms with E-state index in [1.165, 1.54) is 4.68 Å². The van der Waals surface area contributed by atoms with Gasteiger partial charge in [-0.25, -0.2) is 13.6 Å². The normalized spacial score (nSPS) is 20.6. The predicted molar refractivity (Wildman–Crippen MR) is 68.4 cm³/mol. The molecular weight excluding hydrogens is 268 g/mol. The van der Waals surface area contributed by atoms with Gasteiger partial charge in [-0.1, -0.05) is 0 Å². The molecule has 1 saturated carbocycles. The van der Waals surface area contributed by atoms with E-state index in [2.05, 4.69) is 5.10 Å². The molecule has 1 fully saturated rings. The predicted octanol–water partition coefficient (Wildman–Crippen LogP) is 1.96. The standard InChI is InChI=1S/C13H19F2N3O2/c1-3-20-11(19)10-9(8-18(2)17-10)12(16)4-6-13(14,15)7-5-12/h8H,3-7,16H2,1-2H3. The zero-order valence-corrected chi connectivity index (χ0v) is 11.7. The van der Waals surface area contributed by atoms with Crippen LogP contribution >= 0.6 is 0 Å². The quantitative estimate of drug-likeness (QED) is 0.863. The summed E-state index contributed by atoms with van der Waals surface area (Å²) < 4.78 is 33.0. The maximum absolute atomic E-state index is 13.3. The van der Waals surface area contributed by atoms with Crippen molar-refractivity contribution in [2.45, 2.75) is 44.1 Å². The summed E-state index contributed by atoms with van der Waals surface area (Å²) in [7, 11) is 1.66. The van der Waals surface area contributed by atoms with Gasteiger partial charge in [0.15, 0.2) is 5.69 Å². The first kappa shape index (κ1) is 14.9. The Morgan fingerprint density at radius 2 is 2.05 bits per heavy atom. The monoisotopic (exact) mass is 287 g/mol. The van der Waals surface area contributed by atoms with Crippen molar-refractivity contribution in [3.8, 4) is 0 Å². The summed E-state index contributed by atoms with van der Waals surface area (Å²) in [4.78, 5) is 11.9. The minimum absolute atomic E-state index is 0.123. The molecule has 1 aromatic rings. The highest BCUT2D eigenvalue weighted by Gasteiger charge is 2.44. The van der Waals surface area contributed by atoms with Gasteiger partial charge in [0.25, 0.3) is 0 Å². The number of hydrogen-bond donors (Lipinski definition) is 1. The summed E-state index contributed by atoms with van der Waals surface area (Å²) in [6.07, 6.45) is 1.31. The molecule has 112 valence electrons. The maximum atomic E-state index is 13.3. The number of aryl methyl sites for hydroxylation is 1. The van der Waals surface area contributed by atoms with Gasteiger partial charge in [-0.3, -0.25) is 4.68 Å². The number of hydrogen-bond acceptors (Lipinski definition) is 4. The van der Waals surface area contributed by atoms with Crippen molar-refractivity contribution in [1.29, 1.82) is 0 Å². The van der Waals surface area contributed by atoms with E-state index >= 15 is 0 Å². The highest BCUT2D eigenvalue weighted by Crippen LogP contribution is 2.43. The summed E-state index contributed by atoms with van der Waals surface area (Å²) in [5, 5.41) is 4.06. The molecule has 20 heavy (non-hydrogen) atoms. The van der Waals surface area contributed by atoms with E-state index in [0.717, 1.165) is 0 Å². The number of alkyl halides is 2. The SMILES string of the molecule is CCOC(=O)c1nn(C)cc1C1(N)CCC(F)(F)CC1. The average molecular weight is 287 g/mol. The molecular formula is C13H19F2N3O2. The number of nitrogens with two attached hydrogens (primary N) is 1. The number of nitrogens with zero attached hydrogens (tertiary/aromatic N) is 2. The third kappa shape index (κ3) is 2.82. The maximum Gasteiger partial charge on any atom is 0.359 e. The molecule has 0 spiro atoms. The number of aromatic nitrogens is 2. The minimum Gasteiger partial charge on any atom is -0.461 e. The molecule has 1 aliphatic carbocycles. The lowest BCUT2D eigenvalue weighted by Gasteiger charge is -2.36. The van der Waals surface area contributed by atoms with Crippen LogP contribution in [0.5, 0.6) is 0 Å². The third-order valence-electron chi connectivity index (χ3n) is 3.71. The van der Waals surface area contributed by atoms with Crippen molar-refractivity contribution in [3.63, 3.8) is 0 Å². The zero-order valence-electron chi connectivity index (χ0n) is 11.7. The van der Waals surface area contributed by atoms with Crippen molar-refractivity contribution >= 4 is 5.97 Å². The van der Waals surface area contributed by atoms with Crippen molar-refractivity contribution in [2.24, 2.45) is 12.8 Å². The molecule has 1 aromatic heterocycles. The Kier molecular flexibility index (Phi) is 3.82. The van der Waals surface area contributed by atoms with E-state index < -0.39 is 17.4 Å². The Morgan fingerprint density at radius 1 is 1.45 bits per heavy atom. The van der Waals surface area contributed by atoms with E-state index in [4.69, 9.17) is 10.5 Å². The largest absolute Gasteiger partial charge is 0.461 e. The number of ether oxygens (including phenoxy) is 1. The molecule has 0 unspecified atom stereocenters. The average Bonchev–Trinajstić information content (AvgIpc) is 2.77. The van der Waals surface area contributed by atoms with Crippen molar-refractivity contribution in [1.82, 2.24) is 9.78 Å². The van der Waals surface area contributed by atoms with Crippen molar-refractivity contribution in [2.75, 3.05) is 6.61 Å². The number of rotatable bonds is 3. The number of carbonyl (C=O) groups is 1. The van der Waals surface area contributed by atoms with Crippen LogP contribution in [-0.4, -0.2) is 28.3 Å². The Morgan fingerprint density at radius 3 is 2.60 bits per heavy atom. The first-order valence-electron chi connectivity index (χ1n) is 6.65. The Hall–Kier alpha value is -1.50. The fourth-order valence-corrected chi connectivity index (χ4v) is 2.53. The lowest BCUT2D eigenvalue weighted by Crippen LogP contribution is -2.44. The highest BCUT2D eigenvalue weighted by molar-refractivity contribution is 5.89. The topological polar surface area (TPSA) is 70.1 Å². The van der Waals surface area contributed by atoms with Gasteiger partial charge in [0.05, 0.1) is 6.61 Å². The third-order valence-corrected chi connectivity index (χ3v) is 3.71. The molecule has 2 N–H and O–H groups in total. The van der Waals surface area contributed by atoms with E-state index in [1.807, 2.05) is 0 Å². The summed E-state index contributed by atoms with van der Waals surface area (Å²) in [6.45, 7) is 1.92. The second-order valence-electron chi connectivity index (χ2n) is 5.30. The fourth-order valence-electron chi connectivity index (χ4n) is 2.53. The molecule has 0 saturated heterocycles. The Labute approximate surface area is 116 Å². The molecule has 1 heterocycles. The molecule has 7 heteroatoms. The van der Waals surface area contributed by atoms with Crippen LogP contribution in [0.25, 0.3) is 0 Å². The summed E-state index contributed by atoms with van der Waals surface area (Å²) in [6, 6.07) is 0. The van der Waals surface area contributed by atoms with Crippen molar-refractivity contribution in [3.05, 3.63) is 17.5 Å². The van der Waals surface area contributed by atoms with Crippen LogP contribution in [-0.2, 0) is 17.3 Å². The molecule has 2 rings (SSSR count). The zero-order chi connectivity index (χ0) is 15.0. The van der Waals surface area contributed by atoms with Crippen LogP contribution < -0.4 is 5.73 Å². The highest BCUT2D eigenvalue weighted by atomic mass is 19.3. The lowest BCUT2D eigenvalue weighted by molar-refractivity contribution is -0.0515. The molecule has 0 atom stereocenters. The van der Waals surface area contributed by atoms with Crippen LogP contribution in [0.4, 0.5) is 8.78 Å². The summed E-state index contributed by atoms with van der Waals surface area (Å²) in [5.74, 6) is -3.24. The van der Waals surface area contributed by atoms with Gasteiger partial charge in [-0.05, 0) is 19.8 Å². The number of esters is 1. The smallest absolute Gasteiger partial charge is 0.359 e. The lowest BCUT2D eigenvalue weighted by atomic mass is 9.76. The molecule has 0 amide bonds. The van der Waals surface area contributed by atoms with Crippen molar-refractivity contribution < 1.29 is 18.3 Å². The Balaban J connectivity index is 2.30. The van der Waals surface area contributed by atoms with Crippen LogP contribution in [0.2, 0.25) is 0 Å². The van der Waals surface area contributed by atoms with Crippen LogP contribution in [0, 0.1) is 0 Å². The van der Waals surface area contributed by atoms with Crippen LogP contribution in [0.15, 0.2) is 6.20 Å². The van der Waals surface area contributed by atoms with Gasteiger partial charge in [0.2, 0.25) is 5.92 Å². The molecule has 1 aliphatic rings. The van der Waals surface area contributed by atoms with Crippen LogP contribution in [0.1, 0.15) is 48.7 Å². The minimum atomic E-state index is -2.67. The van der Waals surface area contributed by atoms with Gasteiger partial charge in [-0.15, -0.1) is 0 Å². The molecule has 0 aromatic carbocycles. The molecule has 0 radical (unpaired) electrons. The number of halogens is 2. The second kappa shape index (κ2) is 5.12. The Bertz CT molecular complexity index is 504. The second-order valence-corrected chi connectivity index (χ2v) is 5.30.